The van der Waals surface area contributed by atoms with Crippen LogP contribution in [0.25, 0.3) is 0 Å². The minimum absolute atomic E-state index is 0.122. The van der Waals surface area contributed by atoms with Crippen LogP contribution in [0.4, 0.5) is 4.39 Å². The molecule has 2 aromatic rings. The van der Waals surface area contributed by atoms with E-state index in [-0.39, 0.29) is 30.8 Å². The summed E-state index contributed by atoms with van der Waals surface area (Å²) in [4.78, 5) is 0. The first-order valence-corrected chi connectivity index (χ1v) is 9.60. The summed E-state index contributed by atoms with van der Waals surface area (Å²) in [6.07, 6.45) is 0.464. The van der Waals surface area contributed by atoms with E-state index >= 15 is 0 Å². The van der Waals surface area contributed by atoms with E-state index in [9.17, 15) is 12.8 Å². The van der Waals surface area contributed by atoms with E-state index in [2.05, 4.69) is 10.2 Å². The van der Waals surface area contributed by atoms with Crippen LogP contribution in [0, 0.1) is 5.82 Å². The number of nitrogens with zero attached hydrogens (tertiary/aromatic N) is 3. The Labute approximate surface area is 143 Å². The zero-order chi connectivity index (χ0) is 17.6. The molecule has 0 bridgehead atoms. The molecule has 1 saturated heterocycles. The molecule has 4 rings (SSSR count). The highest BCUT2D eigenvalue weighted by atomic mass is 32.2. The smallest absolute Gasteiger partial charge is 0.257 e. The number of hydrogen-bond acceptors (Lipinski definition) is 7. The highest BCUT2D eigenvalue weighted by molar-refractivity contribution is 7.88. The molecule has 2 aliphatic rings. The number of hydrogen-bond donors (Lipinski definition) is 0. The molecule has 0 aliphatic carbocycles. The van der Waals surface area contributed by atoms with Gasteiger partial charge < -0.3 is 13.9 Å². The third kappa shape index (κ3) is 3.24. The lowest BCUT2D eigenvalue weighted by Crippen LogP contribution is -2.41. The first-order valence-electron chi connectivity index (χ1n) is 7.75. The Morgan fingerprint density at radius 1 is 1.24 bits per heavy atom. The second-order valence-corrected chi connectivity index (χ2v) is 8.00. The highest BCUT2D eigenvalue weighted by Gasteiger charge is 2.34. The fraction of sp³-hybridized carbons (Fsp3) is 0.467. The number of rotatable bonds is 3. The van der Waals surface area contributed by atoms with Gasteiger partial charge in [-0.1, -0.05) is 0 Å². The van der Waals surface area contributed by atoms with Gasteiger partial charge in [0.1, 0.15) is 17.7 Å². The fourth-order valence-electron chi connectivity index (χ4n) is 2.94. The standard InChI is InChI=1S/C15H16FN3O5S/c1-25(20,21)19-4-5-22-13(8-19)15-18-17-14(24-15)12-7-9-6-10(16)2-3-11(9)23-12/h2-3,6,12-13H,4-5,7-8H2,1H3/t12-,13-/m1/s1. The zero-order valence-electron chi connectivity index (χ0n) is 13.4. The van der Waals surface area contributed by atoms with Gasteiger partial charge >= 0.3 is 0 Å². The van der Waals surface area contributed by atoms with Gasteiger partial charge in [-0.15, -0.1) is 10.2 Å². The molecule has 25 heavy (non-hydrogen) atoms. The van der Waals surface area contributed by atoms with Gasteiger partial charge in [-0.05, 0) is 18.2 Å². The molecule has 3 heterocycles. The first-order chi connectivity index (χ1) is 11.9. The second-order valence-electron chi connectivity index (χ2n) is 6.02. The molecule has 10 heteroatoms. The Balaban J connectivity index is 1.50. The van der Waals surface area contributed by atoms with Crippen LogP contribution in [0.15, 0.2) is 22.6 Å². The quantitative estimate of drug-likeness (QED) is 0.803. The van der Waals surface area contributed by atoms with Crippen molar-refractivity contribution < 1.29 is 26.7 Å². The van der Waals surface area contributed by atoms with Crippen LogP contribution in [0.3, 0.4) is 0 Å². The molecule has 2 atom stereocenters. The van der Waals surface area contributed by atoms with Crippen LogP contribution in [-0.4, -0.2) is 48.9 Å². The summed E-state index contributed by atoms with van der Waals surface area (Å²) in [5.41, 5.74) is 0.738. The third-order valence-corrected chi connectivity index (χ3v) is 5.47. The maximum absolute atomic E-state index is 13.3. The summed E-state index contributed by atoms with van der Waals surface area (Å²) in [7, 11) is -3.31. The zero-order valence-corrected chi connectivity index (χ0v) is 14.2. The van der Waals surface area contributed by atoms with Crippen LogP contribution >= 0.6 is 0 Å². The minimum atomic E-state index is -3.31. The van der Waals surface area contributed by atoms with Crippen molar-refractivity contribution in [1.82, 2.24) is 14.5 Å². The summed E-state index contributed by atoms with van der Waals surface area (Å²) in [5, 5.41) is 7.95. The summed E-state index contributed by atoms with van der Waals surface area (Å²) in [5.74, 6) is 0.717. The van der Waals surface area contributed by atoms with Gasteiger partial charge in [0.05, 0.1) is 12.9 Å². The molecule has 0 saturated carbocycles. The average molecular weight is 369 g/mol. The molecule has 2 aliphatic heterocycles. The number of morpholine rings is 1. The van der Waals surface area contributed by atoms with Gasteiger partial charge in [0.15, 0.2) is 6.10 Å². The average Bonchev–Trinajstić information content (AvgIpc) is 3.20. The maximum atomic E-state index is 13.3. The number of ether oxygens (including phenoxy) is 2. The van der Waals surface area contributed by atoms with Crippen molar-refractivity contribution in [3.05, 3.63) is 41.4 Å². The summed E-state index contributed by atoms with van der Waals surface area (Å²) in [6, 6.07) is 4.31. The molecule has 0 radical (unpaired) electrons. The maximum Gasteiger partial charge on any atom is 0.257 e. The van der Waals surface area contributed by atoms with Crippen molar-refractivity contribution >= 4 is 10.0 Å². The fourth-order valence-corrected chi connectivity index (χ4v) is 3.75. The van der Waals surface area contributed by atoms with Crippen molar-refractivity contribution in [2.24, 2.45) is 0 Å². The molecular formula is C15H16FN3O5S. The van der Waals surface area contributed by atoms with Gasteiger partial charge in [0.2, 0.25) is 15.9 Å². The predicted molar refractivity (Wildman–Crippen MR) is 82.9 cm³/mol. The van der Waals surface area contributed by atoms with Gasteiger partial charge in [0, 0.05) is 25.1 Å². The van der Waals surface area contributed by atoms with Crippen LogP contribution in [0.1, 0.15) is 29.6 Å². The van der Waals surface area contributed by atoms with Gasteiger partial charge in [-0.2, -0.15) is 4.31 Å². The van der Waals surface area contributed by atoms with Crippen molar-refractivity contribution in [2.75, 3.05) is 26.0 Å². The van der Waals surface area contributed by atoms with E-state index in [0.717, 1.165) is 11.8 Å². The third-order valence-electron chi connectivity index (χ3n) is 4.20. The van der Waals surface area contributed by atoms with Crippen molar-refractivity contribution in [3.63, 3.8) is 0 Å². The summed E-state index contributed by atoms with van der Waals surface area (Å²) in [6.45, 7) is 0.667. The molecule has 1 fully saturated rings. The molecule has 0 amide bonds. The Kier molecular flexibility index (Phi) is 3.97. The summed E-state index contributed by atoms with van der Waals surface area (Å²) >= 11 is 0. The molecule has 8 nitrogen and oxygen atoms in total. The second kappa shape index (κ2) is 6.04. The molecule has 0 unspecified atom stereocenters. The molecule has 0 spiro atoms. The Bertz CT molecular complexity index is 900. The molecular weight excluding hydrogens is 353 g/mol. The van der Waals surface area contributed by atoms with Crippen LogP contribution in [-0.2, 0) is 21.2 Å². The van der Waals surface area contributed by atoms with E-state index in [1.807, 2.05) is 0 Å². The van der Waals surface area contributed by atoms with Crippen molar-refractivity contribution in [3.8, 4) is 5.75 Å². The minimum Gasteiger partial charge on any atom is -0.480 e. The summed E-state index contributed by atoms with van der Waals surface area (Å²) < 4.78 is 54.9. The lowest BCUT2D eigenvalue weighted by Gasteiger charge is -2.29. The molecule has 134 valence electrons. The Morgan fingerprint density at radius 2 is 2.00 bits per heavy atom. The van der Waals surface area contributed by atoms with Gasteiger partial charge in [-0.3, -0.25) is 0 Å². The Morgan fingerprint density at radius 3 is 2.76 bits per heavy atom. The van der Waals surface area contributed by atoms with E-state index in [4.69, 9.17) is 13.9 Å². The first kappa shape index (κ1) is 16.4. The SMILES string of the molecule is CS(=O)(=O)N1CCO[C@@H](c2nnc([C@H]3Cc4cc(F)ccc4O3)o2)C1. The van der Waals surface area contributed by atoms with Crippen LogP contribution in [0.2, 0.25) is 0 Å². The van der Waals surface area contributed by atoms with Crippen LogP contribution < -0.4 is 4.74 Å². The van der Waals surface area contributed by atoms with E-state index in [1.54, 1.807) is 6.07 Å². The van der Waals surface area contributed by atoms with Crippen molar-refractivity contribution in [1.29, 1.82) is 0 Å². The van der Waals surface area contributed by atoms with E-state index in [1.165, 1.54) is 16.4 Å². The number of halogens is 1. The lowest BCUT2D eigenvalue weighted by atomic mass is 10.1. The highest BCUT2D eigenvalue weighted by Crippen LogP contribution is 2.37. The molecule has 1 aromatic carbocycles. The number of fused-ring (bicyclic) bond motifs is 1. The number of sulfonamides is 1. The number of benzene rings is 1. The Hall–Kier alpha value is -2.04. The van der Waals surface area contributed by atoms with Gasteiger partial charge in [-0.25, -0.2) is 12.8 Å². The largest absolute Gasteiger partial charge is 0.480 e. The molecule has 1 aromatic heterocycles. The van der Waals surface area contributed by atoms with Crippen molar-refractivity contribution in [2.45, 2.75) is 18.6 Å². The van der Waals surface area contributed by atoms with Crippen LogP contribution in [0.5, 0.6) is 5.75 Å². The molecule has 0 N–H and O–H groups in total. The van der Waals surface area contributed by atoms with E-state index < -0.39 is 22.2 Å². The van der Waals surface area contributed by atoms with Gasteiger partial charge in [0.25, 0.3) is 5.89 Å². The monoisotopic (exact) mass is 369 g/mol. The lowest BCUT2D eigenvalue weighted by molar-refractivity contribution is -0.0184. The predicted octanol–water partition coefficient (Wildman–Crippen LogP) is 1.22. The topological polar surface area (TPSA) is 94.8 Å². The number of aromatic nitrogens is 2. The normalized spacial score (nSPS) is 24.1. The van der Waals surface area contributed by atoms with E-state index in [0.29, 0.717) is 18.7 Å².